The lowest BCUT2D eigenvalue weighted by molar-refractivity contribution is 0.668. The van der Waals surface area contributed by atoms with E-state index >= 15 is 0 Å². The van der Waals surface area contributed by atoms with Crippen molar-refractivity contribution < 1.29 is 22.5 Å². The van der Waals surface area contributed by atoms with Crippen LogP contribution >= 0.6 is 0 Å². The van der Waals surface area contributed by atoms with Crippen molar-refractivity contribution in [2.75, 3.05) is 0 Å². The molecule has 2 heteroatoms. The first kappa shape index (κ1) is 50.6. The zero-order valence-electron chi connectivity index (χ0n) is 66.0. The fourth-order valence-electron chi connectivity index (χ4n) is 16.2. The molecule has 0 fully saturated rings. The van der Waals surface area contributed by atoms with Gasteiger partial charge in [-0.15, -0.1) is 0 Å². The molecule has 0 spiro atoms. The molecule has 19 aromatic carbocycles. The van der Waals surface area contributed by atoms with Gasteiger partial charge in [-0.1, -0.05) is 327 Å². The van der Waals surface area contributed by atoms with Crippen LogP contribution in [0.5, 0.6) is 0 Å². The molecule has 2 aromatic heterocycles. The van der Waals surface area contributed by atoms with Gasteiger partial charge in [-0.3, -0.25) is 0 Å². The highest BCUT2D eigenvalue weighted by Gasteiger charge is 2.25. The van der Waals surface area contributed by atoms with E-state index in [1.54, 1.807) is 0 Å². The Morgan fingerprint density at radius 3 is 0.981 bits per heavy atom. The molecule has 0 unspecified atom stereocenters. The minimum Gasteiger partial charge on any atom is -0.456 e. The lowest BCUT2D eigenvalue weighted by Gasteiger charge is -2.20. The summed E-state index contributed by atoms with van der Waals surface area (Å²) in [6.07, 6.45) is 0. The monoisotopic (exact) mass is 1330 g/mol. The minimum absolute atomic E-state index is 0.194. The van der Waals surface area contributed by atoms with Crippen LogP contribution in [0, 0.1) is 0 Å². The number of hydrogen-bond acceptors (Lipinski definition) is 2. The summed E-state index contributed by atoms with van der Waals surface area (Å²) in [5, 5.41) is 15.5. The van der Waals surface area contributed by atoms with Crippen molar-refractivity contribution in [3.05, 3.63) is 388 Å². The molecule has 0 amide bonds. The maximum absolute atomic E-state index is 9.04. The van der Waals surface area contributed by atoms with Crippen molar-refractivity contribution in [3.8, 4) is 100 Å². The summed E-state index contributed by atoms with van der Waals surface area (Å²) in [5.74, 6) is 0. The second kappa shape index (κ2) is 25.2. The Hall–Kier alpha value is -13.7. The predicted molar refractivity (Wildman–Crippen MR) is 441 cm³/mol. The molecule has 21 rings (SSSR count). The largest absolute Gasteiger partial charge is 0.456 e. The molecule has 0 bridgehead atoms. The molecule has 2 heterocycles. The average Bonchev–Trinajstić information content (AvgIpc) is 1.13. The lowest BCUT2D eigenvalue weighted by atomic mass is 9.83. The maximum Gasteiger partial charge on any atom is 0.136 e. The molecule has 0 N–H and O–H groups in total. The van der Waals surface area contributed by atoms with Crippen LogP contribution in [-0.4, -0.2) is 0 Å². The molecule has 0 saturated carbocycles. The summed E-state index contributed by atoms with van der Waals surface area (Å²) in [6, 6.07) is 110. The normalized spacial score (nSPS) is 13.0. The quantitative estimate of drug-likeness (QED) is 0.135. The zero-order valence-corrected chi connectivity index (χ0v) is 56.0. The van der Waals surface area contributed by atoms with Gasteiger partial charge in [0, 0.05) is 27.1 Å². The minimum atomic E-state index is -0.408. The predicted octanol–water partition coefficient (Wildman–Crippen LogP) is 29.1. The van der Waals surface area contributed by atoms with Crippen molar-refractivity contribution in [2.24, 2.45) is 0 Å². The van der Waals surface area contributed by atoms with Crippen LogP contribution in [0.1, 0.15) is 13.7 Å². The van der Waals surface area contributed by atoms with Crippen LogP contribution in [0.15, 0.2) is 397 Å². The average molecular weight is 1330 g/mol. The molecule has 104 heavy (non-hydrogen) atoms. The summed E-state index contributed by atoms with van der Waals surface area (Å²) >= 11 is 0. The molecule has 0 aliphatic rings. The molecule has 0 saturated heterocycles. The van der Waals surface area contributed by atoms with E-state index in [-0.39, 0.29) is 59.5 Å². The number of furan rings is 2. The van der Waals surface area contributed by atoms with E-state index in [4.69, 9.17) is 22.5 Å². The zero-order chi connectivity index (χ0) is 77.3. The highest BCUT2D eigenvalue weighted by molar-refractivity contribution is 6.26. The van der Waals surface area contributed by atoms with Gasteiger partial charge >= 0.3 is 0 Å². The van der Waals surface area contributed by atoms with E-state index in [1.165, 1.54) is 0 Å². The fourth-order valence-corrected chi connectivity index (χ4v) is 16.2. The number of fused-ring (bicyclic) bond motifs is 12. The van der Waals surface area contributed by atoms with E-state index in [0.717, 1.165) is 186 Å². The van der Waals surface area contributed by atoms with Crippen LogP contribution in [-0.2, 0) is 0 Å². The summed E-state index contributed by atoms with van der Waals surface area (Å²) in [5.41, 5.74) is 19.9. The van der Waals surface area contributed by atoms with E-state index < -0.39 is 12.1 Å². The third-order valence-electron chi connectivity index (χ3n) is 20.7. The Labute approximate surface area is 615 Å². The van der Waals surface area contributed by atoms with Gasteiger partial charge in [0.05, 0.1) is 13.7 Å². The van der Waals surface area contributed by atoms with Crippen LogP contribution in [0.25, 0.3) is 209 Å². The molecule has 2 nitrogen and oxygen atoms in total. The number of benzene rings is 19. The summed E-state index contributed by atoms with van der Waals surface area (Å²) in [4.78, 5) is 0. The SMILES string of the molecule is [2H]c1c([2H])c([2H])c(-c2c3ccccc3c(-c3cc(-c4c(-c5ccccc5)ccc5oc6ccc(-c7ccccc7)cc6c45)c4ccccc4c3)c3ccccc23)c([2H])c1[2H].[2H]c1c([2H])c([2H])c(-c2c3ccccc3c(-c3cc(-c4cccc5oc6ccc(-c7ccccc7)cc6c45)c4ccccc4c3)c3ccccc23)c([2H])c1[2H]. The van der Waals surface area contributed by atoms with Crippen molar-refractivity contribution in [1.82, 2.24) is 0 Å². The molecule has 0 radical (unpaired) electrons. The first-order valence-corrected chi connectivity index (χ1v) is 35.0. The van der Waals surface area contributed by atoms with Gasteiger partial charge in [-0.2, -0.15) is 0 Å². The molecular weight excluding hydrogens is 1260 g/mol. The second-order valence-corrected chi connectivity index (χ2v) is 26.4. The van der Waals surface area contributed by atoms with Gasteiger partial charge in [-0.05, 0) is 220 Å². The van der Waals surface area contributed by atoms with Gasteiger partial charge in [0.1, 0.15) is 22.3 Å². The third-order valence-corrected chi connectivity index (χ3v) is 20.7. The highest BCUT2D eigenvalue weighted by atomic mass is 16.3. The molecule has 0 aliphatic heterocycles. The molecule has 484 valence electrons. The smallest absolute Gasteiger partial charge is 0.136 e. The van der Waals surface area contributed by atoms with Crippen molar-refractivity contribution in [3.63, 3.8) is 0 Å². The Balaban J connectivity index is 0.000000149. The molecule has 0 atom stereocenters. The van der Waals surface area contributed by atoms with Crippen LogP contribution in [0.4, 0.5) is 0 Å². The first-order valence-electron chi connectivity index (χ1n) is 40.0. The Bertz CT molecular complexity index is 7430. The lowest BCUT2D eigenvalue weighted by Crippen LogP contribution is -1.93. The van der Waals surface area contributed by atoms with E-state index in [1.807, 2.05) is 97.1 Å². The van der Waals surface area contributed by atoms with Gasteiger partial charge in [-0.25, -0.2) is 0 Å². The van der Waals surface area contributed by atoms with E-state index in [0.29, 0.717) is 11.1 Å². The molecule has 0 aliphatic carbocycles. The van der Waals surface area contributed by atoms with E-state index in [9.17, 15) is 0 Å². The van der Waals surface area contributed by atoms with Crippen molar-refractivity contribution in [1.29, 1.82) is 0 Å². The standard InChI is InChI=1S/C54H34O.C48H30O/c1-4-16-35(17-5-1)38-28-30-49-48(33-38)54-50(55-49)31-29-42(36-18-6-2-7-19-36)53(54)47-34-40(32-39-22-10-11-23-41(39)47)52-45-26-14-12-24-43(45)51(37-20-8-3-9-21-37)44-25-13-15-27-46(44)52;1-3-14-31(15-4-1)33-26-27-44-43(29-33)48-41(24-13-25-45(48)49-44)42-30-35(28-34-18-7-8-19-36(34)42)47-39-22-11-9-20-37(39)46(32-16-5-2-6-17-32)38-21-10-12-23-40(38)47/h1-34H;1-30H/i3D,8D,9D,20D,21D;2D,5D,6D,16D,17D. The Morgan fingerprint density at radius 2 is 0.529 bits per heavy atom. The van der Waals surface area contributed by atoms with Gasteiger partial charge in [0.25, 0.3) is 0 Å². The fraction of sp³-hybridized carbons (Fsp3) is 0. The molecule has 21 aromatic rings. The van der Waals surface area contributed by atoms with Crippen LogP contribution < -0.4 is 0 Å². The van der Waals surface area contributed by atoms with Crippen molar-refractivity contribution in [2.45, 2.75) is 0 Å². The Morgan fingerprint density at radius 1 is 0.173 bits per heavy atom. The summed E-state index contributed by atoms with van der Waals surface area (Å²) in [7, 11) is 0. The van der Waals surface area contributed by atoms with Crippen LogP contribution in [0.3, 0.4) is 0 Å². The Kier molecular flexibility index (Phi) is 12.3. The number of rotatable bonds is 9. The topological polar surface area (TPSA) is 26.3 Å². The van der Waals surface area contributed by atoms with Crippen molar-refractivity contribution >= 4 is 109 Å². The van der Waals surface area contributed by atoms with Gasteiger partial charge in [0.15, 0.2) is 0 Å². The summed E-state index contributed by atoms with van der Waals surface area (Å²) < 4.78 is 99.9. The summed E-state index contributed by atoms with van der Waals surface area (Å²) in [6.45, 7) is 0. The maximum atomic E-state index is 9.04. The number of hydrogen-bond donors (Lipinski definition) is 0. The molecular formula is C102H64O2. The van der Waals surface area contributed by atoms with Gasteiger partial charge < -0.3 is 8.83 Å². The second-order valence-electron chi connectivity index (χ2n) is 26.4. The third kappa shape index (κ3) is 10.2. The van der Waals surface area contributed by atoms with Crippen LogP contribution in [0.2, 0.25) is 0 Å². The van der Waals surface area contributed by atoms with E-state index in [2.05, 4.69) is 231 Å². The highest BCUT2D eigenvalue weighted by Crippen LogP contribution is 2.52. The van der Waals surface area contributed by atoms with Gasteiger partial charge in [0.2, 0.25) is 0 Å². The first-order chi connectivity index (χ1) is 55.8.